The van der Waals surface area contributed by atoms with Crippen LogP contribution in [0.3, 0.4) is 0 Å². The van der Waals surface area contributed by atoms with E-state index in [1.165, 1.54) is 11.1 Å². The summed E-state index contributed by atoms with van der Waals surface area (Å²) in [6, 6.07) is 10.6. The highest BCUT2D eigenvalue weighted by Gasteiger charge is 2.15. The van der Waals surface area contributed by atoms with Crippen LogP contribution in [0.2, 0.25) is 0 Å². The lowest BCUT2D eigenvalue weighted by Gasteiger charge is -2.20. The molecule has 2 aromatic rings. The molecule has 2 rings (SSSR count). The van der Waals surface area contributed by atoms with E-state index in [9.17, 15) is 0 Å². The SMILES string of the molecule is CCCNC(CCC(N)c1cccc(Br)c1)c1ccoc1. The predicted molar refractivity (Wildman–Crippen MR) is 90.0 cm³/mol. The molecule has 2 atom stereocenters. The second-order valence-corrected chi connectivity index (χ2v) is 6.22. The van der Waals surface area contributed by atoms with E-state index < -0.39 is 0 Å². The van der Waals surface area contributed by atoms with Gasteiger partial charge in [-0.2, -0.15) is 0 Å². The molecule has 3 N–H and O–H groups in total. The number of benzene rings is 1. The summed E-state index contributed by atoms with van der Waals surface area (Å²) in [7, 11) is 0. The normalized spacial score (nSPS) is 14.0. The quantitative estimate of drug-likeness (QED) is 0.733. The number of rotatable bonds is 8. The lowest BCUT2D eigenvalue weighted by atomic mass is 9.97. The number of halogens is 1. The van der Waals surface area contributed by atoms with E-state index in [0.717, 1.165) is 30.3 Å². The first-order valence-electron chi connectivity index (χ1n) is 7.47. The van der Waals surface area contributed by atoms with E-state index in [1.807, 2.05) is 24.5 Å². The van der Waals surface area contributed by atoms with Crippen LogP contribution < -0.4 is 11.1 Å². The van der Waals surface area contributed by atoms with Crippen molar-refractivity contribution in [3.63, 3.8) is 0 Å². The summed E-state index contributed by atoms with van der Waals surface area (Å²) in [5, 5.41) is 3.57. The van der Waals surface area contributed by atoms with E-state index in [0.29, 0.717) is 6.04 Å². The van der Waals surface area contributed by atoms with Crippen molar-refractivity contribution in [3.8, 4) is 0 Å². The molecule has 1 aromatic carbocycles. The Morgan fingerprint density at radius 1 is 1.24 bits per heavy atom. The molecule has 3 nitrogen and oxygen atoms in total. The maximum Gasteiger partial charge on any atom is 0.0950 e. The summed E-state index contributed by atoms with van der Waals surface area (Å²) in [6.07, 6.45) is 6.59. The molecule has 0 fully saturated rings. The van der Waals surface area contributed by atoms with Crippen molar-refractivity contribution in [3.05, 3.63) is 58.5 Å². The average Bonchev–Trinajstić information content (AvgIpc) is 3.01. The third-order valence-electron chi connectivity index (χ3n) is 3.63. The van der Waals surface area contributed by atoms with E-state index in [-0.39, 0.29) is 6.04 Å². The lowest BCUT2D eigenvalue weighted by Crippen LogP contribution is -2.23. The largest absolute Gasteiger partial charge is 0.472 e. The Labute approximate surface area is 135 Å². The molecule has 114 valence electrons. The highest BCUT2D eigenvalue weighted by atomic mass is 79.9. The zero-order valence-corrected chi connectivity index (χ0v) is 14.0. The van der Waals surface area contributed by atoms with Crippen LogP contribution in [0.25, 0.3) is 0 Å². The van der Waals surface area contributed by atoms with Gasteiger partial charge in [-0.05, 0) is 49.6 Å². The minimum atomic E-state index is 0.0559. The summed E-state index contributed by atoms with van der Waals surface area (Å²) in [5.74, 6) is 0. The second-order valence-electron chi connectivity index (χ2n) is 5.30. The van der Waals surface area contributed by atoms with Crippen molar-refractivity contribution >= 4 is 15.9 Å². The van der Waals surface area contributed by atoms with Gasteiger partial charge in [-0.1, -0.05) is 35.0 Å². The van der Waals surface area contributed by atoms with Crippen molar-refractivity contribution < 1.29 is 4.42 Å². The number of nitrogens with two attached hydrogens (primary N) is 1. The van der Waals surface area contributed by atoms with Crippen LogP contribution in [0, 0.1) is 0 Å². The molecule has 0 aliphatic rings. The zero-order valence-electron chi connectivity index (χ0n) is 12.4. The van der Waals surface area contributed by atoms with Crippen molar-refractivity contribution in [1.82, 2.24) is 5.32 Å². The van der Waals surface area contributed by atoms with E-state index in [2.05, 4.69) is 40.3 Å². The second kappa shape index (κ2) is 8.37. The van der Waals surface area contributed by atoms with Crippen molar-refractivity contribution in [1.29, 1.82) is 0 Å². The third kappa shape index (κ3) is 4.99. The van der Waals surface area contributed by atoms with E-state index in [1.54, 1.807) is 6.26 Å². The van der Waals surface area contributed by atoms with Gasteiger partial charge in [0.05, 0.1) is 12.5 Å². The van der Waals surface area contributed by atoms with Crippen LogP contribution in [0.4, 0.5) is 0 Å². The zero-order chi connectivity index (χ0) is 15.1. The molecule has 0 aliphatic carbocycles. The molecule has 4 heteroatoms. The Hall–Kier alpha value is -1.10. The molecular formula is C17H23BrN2O. The van der Waals surface area contributed by atoms with Crippen LogP contribution in [0.15, 0.2) is 51.7 Å². The Morgan fingerprint density at radius 3 is 2.76 bits per heavy atom. The maximum atomic E-state index is 6.32. The summed E-state index contributed by atoms with van der Waals surface area (Å²) in [6.45, 7) is 3.18. The monoisotopic (exact) mass is 350 g/mol. The van der Waals surface area contributed by atoms with Gasteiger partial charge in [0.15, 0.2) is 0 Å². The van der Waals surface area contributed by atoms with Crippen molar-refractivity contribution in [2.75, 3.05) is 6.54 Å². The first-order valence-corrected chi connectivity index (χ1v) is 8.26. The topological polar surface area (TPSA) is 51.2 Å². The fraction of sp³-hybridized carbons (Fsp3) is 0.412. The summed E-state index contributed by atoms with van der Waals surface area (Å²) in [4.78, 5) is 0. The smallest absolute Gasteiger partial charge is 0.0950 e. The van der Waals surface area contributed by atoms with Gasteiger partial charge in [0.2, 0.25) is 0 Å². The number of furan rings is 1. The molecule has 1 heterocycles. The van der Waals surface area contributed by atoms with Crippen LogP contribution in [0.1, 0.15) is 49.4 Å². The fourth-order valence-electron chi connectivity index (χ4n) is 2.43. The summed E-state index contributed by atoms with van der Waals surface area (Å²) < 4.78 is 6.28. The maximum absolute atomic E-state index is 6.32. The molecule has 0 saturated heterocycles. The van der Waals surface area contributed by atoms with Crippen molar-refractivity contribution in [2.45, 2.75) is 38.3 Å². The van der Waals surface area contributed by atoms with Gasteiger partial charge in [0, 0.05) is 22.1 Å². The number of hydrogen-bond acceptors (Lipinski definition) is 3. The van der Waals surface area contributed by atoms with Gasteiger partial charge in [-0.15, -0.1) is 0 Å². The molecule has 0 amide bonds. The fourth-order valence-corrected chi connectivity index (χ4v) is 2.85. The average molecular weight is 351 g/mol. The highest BCUT2D eigenvalue weighted by molar-refractivity contribution is 9.10. The molecule has 21 heavy (non-hydrogen) atoms. The van der Waals surface area contributed by atoms with E-state index >= 15 is 0 Å². The molecule has 0 spiro atoms. The summed E-state index contributed by atoms with van der Waals surface area (Å²) in [5.41, 5.74) is 8.69. The Bertz CT molecular complexity index is 527. The third-order valence-corrected chi connectivity index (χ3v) is 4.12. The minimum Gasteiger partial charge on any atom is -0.472 e. The minimum absolute atomic E-state index is 0.0559. The van der Waals surface area contributed by atoms with Gasteiger partial charge in [0.1, 0.15) is 0 Å². The highest BCUT2D eigenvalue weighted by Crippen LogP contribution is 2.25. The predicted octanol–water partition coefficient (Wildman–Crippen LogP) is 4.56. The van der Waals surface area contributed by atoms with Gasteiger partial charge in [-0.25, -0.2) is 0 Å². The number of hydrogen-bond donors (Lipinski definition) is 2. The molecule has 2 unspecified atom stereocenters. The molecule has 0 saturated carbocycles. The van der Waals surface area contributed by atoms with Gasteiger partial charge < -0.3 is 15.5 Å². The molecular weight excluding hydrogens is 328 g/mol. The van der Waals surface area contributed by atoms with Crippen LogP contribution in [0.5, 0.6) is 0 Å². The standard InChI is InChI=1S/C17H23BrN2O/c1-2-9-20-17(14-8-10-21-12-14)7-6-16(19)13-4-3-5-15(18)11-13/h3-5,8,10-12,16-17,20H,2,6-7,9,19H2,1H3. The van der Waals surface area contributed by atoms with Crippen LogP contribution >= 0.6 is 15.9 Å². The van der Waals surface area contributed by atoms with Gasteiger partial charge >= 0.3 is 0 Å². The molecule has 0 radical (unpaired) electrons. The summed E-state index contributed by atoms with van der Waals surface area (Å²) >= 11 is 3.50. The lowest BCUT2D eigenvalue weighted by molar-refractivity contribution is 0.454. The van der Waals surface area contributed by atoms with Crippen LogP contribution in [-0.4, -0.2) is 6.54 Å². The molecule has 0 bridgehead atoms. The first-order chi connectivity index (χ1) is 10.2. The Kier molecular flexibility index (Phi) is 6.49. The van der Waals surface area contributed by atoms with Gasteiger partial charge in [-0.3, -0.25) is 0 Å². The Balaban J connectivity index is 1.94. The molecule has 0 aliphatic heterocycles. The van der Waals surface area contributed by atoms with Gasteiger partial charge in [0.25, 0.3) is 0 Å². The first kappa shape index (κ1) is 16.3. The Morgan fingerprint density at radius 2 is 2.10 bits per heavy atom. The number of nitrogens with one attached hydrogen (secondary N) is 1. The van der Waals surface area contributed by atoms with E-state index in [4.69, 9.17) is 10.2 Å². The molecule has 1 aromatic heterocycles. The van der Waals surface area contributed by atoms with Crippen molar-refractivity contribution in [2.24, 2.45) is 5.73 Å². The van der Waals surface area contributed by atoms with Crippen LogP contribution in [-0.2, 0) is 0 Å².